The quantitative estimate of drug-likeness (QED) is 0.489. The predicted octanol–water partition coefficient (Wildman–Crippen LogP) is -2.41. The van der Waals surface area contributed by atoms with Gasteiger partial charge < -0.3 is 19.8 Å². The van der Waals surface area contributed by atoms with Crippen LogP contribution < -0.4 is 10.2 Å². The molecule has 0 aromatic carbocycles. The van der Waals surface area contributed by atoms with Crippen LogP contribution in [0.25, 0.3) is 0 Å². The summed E-state index contributed by atoms with van der Waals surface area (Å²) in [6.45, 7) is 4.35. The third-order valence-corrected chi connectivity index (χ3v) is 1.59. The lowest BCUT2D eigenvalue weighted by atomic mass is 10.1. The second-order valence-corrected chi connectivity index (χ2v) is 3.77. The summed E-state index contributed by atoms with van der Waals surface area (Å²) in [5.41, 5.74) is -0.528. The van der Waals surface area contributed by atoms with E-state index >= 15 is 0 Å². The lowest BCUT2D eigenvalue weighted by molar-refractivity contribution is -0.311. The molecule has 0 fully saturated rings. The molecular weight excluding hydrogens is 174 g/mol. The summed E-state index contributed by atoms with van der Waals surface area (Å²) in [5.74, 6) is -2.59. The average Bonchev–Trinajstić information content (AvgIpc) is 1.81. The Morgan fingerprint density at radius 3 is 1.54 bits per heavy atom. The largest absolute Gasteiger partial charge is 0.549 e. The molecule has 0 unspecified atom stereocenters. The Labute approximate surface area is 77.0 Å². The van der Waals surface area contributed by atoms with Crippen LogP contribution in [0.3, 0.4) is 0 Å². The van der Waals surface area contributed by atoms with Gasteiger partial charge >= 0.3 is 0 Å². The van der Waals surface area contributed by atoms with Crippen molar-refractivity contribution >= 4 is 11.9 Å². The highest BCUT2D eigenvalue weighted by molar-refractivity contribution is 5.70. The number of carbonyl (C=O) groups is 2. The van der Waals surface area contributed by atoms with E-state index in [1.165, 1.54) is 4.90 Å². The number of aliphatic carboxylic acids is 2. The van der Waals surface area contributed by atoms with Crippen molar-refractivity contribution in [3.05, 3.63) is 0 Å². The first-order chi connectivity index (χ1) is 5.73. The lowest BCUT2D eigenvalue weighted by Crippen LogP contribution is -2.52. The SMILES string of the molecule is CC(C)(C)N(CC(=O)[O-])CC(=O)[O-]. The normalized spacial score (nSPS) is 11.7. The zero-order valence-corrected chi connectivity index (χ0v) is 7.99. The van der Waals surface area contributed by atoms with E-state index in [1.54, 1.807) is 20.8 Å². The Hall–Kier alpha value is -1.10. The van der Waals surface area contributed by atoms with Crippen molar-refractivity contribution in [2.75, 3.05) is 13.1 Å². The number of carboxylic acid groups (broad SMARTS) is 2. The fourth-order valence-corrected chi connectivity index (χ4v) is 0.842. The third kappa shape index (κ3) is 5.19. The van der Waals surface area contributed by atoms with Crippen LogP contribution in [-0.4, -0.2) is 35.5 Å². The van der Waals surface area contributed by atoms with Crippen molar-refractivity contribution in [2.45, 2.75) is 26.3 Å². The molecule has 0 rings (SSSR count). The summed E-state index contributed by atoms with van der Waals surface area (Å²) in [5, 5.41) is 20.5. The van der Waals surface area contributed by atoms with E-state index in [0.717, 1.165) is 0 Å². The van der Waals surface area contributed by atoms with E-state index < -0.39 is 30.6 Å². The van der Waals surface area contributed by atoms with Crippen LogP contribution in [-0.2, 0) is 9.59 Å². The fraction of sp³-hybridized carbons (Fsp3) is 0.750. The molecule has 0 amide bonds. The summed E-state index contributed by atoms with van der Waals surface area (Å²) >= 11 is 0. The van der Waals surface area contributed by atoms with Gasteiger partial charge in [0.05, 0.1) is 11.9 Å². The van der Waals surface area contributed by atoms with Gasteiger partial charge in [-0.2, -0.15) is 0 Å². The first-order valence-corrected chi connectivity index (χ1v) is 3.88. The molecule has 0 heterocycles. The molecule has 5 nitrogen and oxygen atoms in total. The van der Waals surface area contributed by atoms with E-state index in [-0.39, 0.29) is 0 Å². The molecule has 0 saturated carbocycles. The molecule has 13 heavy (non-hydrogen) atoms. The second kappa shape index (κ2) is 4.23. The molecular formula is C8H13NO4-2. The average molecular weight is 187 g/mol. The number of carboxylic acids is 2. The molecule has 0 aliphatic rings. The van der Waals surface area contributed by atoms with Crippen LogP contribution in [0.5, 0.6) is 0 Å². The second-order valence-electron chi connectivity index (χ2n) is 3.77. The molecule has 0 atom stereocenters. The van der Waals surface area contributed by atoms with E-state index in [0.29, 0.717) is 0 Å². The first-order valence-electron chi connectivity index (χ1n) is 3.88. The predicted molar refractivity (Wildman–Crippen MR) is 41.3 cm³/mol. The summed E-state index contributed by atoms with van der Waals surface area (Å²) in [4.78, 5) is 21.8. The van der Waals surface area contributed by atoms with Crippen molar-refractivity contribution in [1.82, 2.24) is 4.90 Å². The lowest BCUT2D eigenvalue weighted by Gasteiger charge is -2.35. The molecule has 0 aromatic heterocycles. The van der Waals surface area contributed by atoms with Crippen molar-refractivity contribution in [2.24, 2.45) is 0 Å². The van der Waals surface area contributed by atoms with Crippen LogP contribution in [0, 0.1) is 0 Å². The van der Waals surface area contributed by atoms with Crippen molar-refractivity contribution in [3.63, 3.8) is 0 Å². The molecule has 0 aliphatic carbocycles. The van der Waals surface area contributed by atoms with Gasteiger partial charge in [0.25, 0.3) is 0 Å². The Kier molecular flexibility index (Phi) is 3.87. The van der Waals surface area contributed by atoms with E-state index in [2.05, 4.69) is 0 Å². The molecule has 0 bridgehead atoms. The highest BCUT2D eigenvalue weighted by Crippen LogP contribution is 2.11. The van der Waals surface area contributed by atoms with Crippen LogP contribution >= 0.6 is 0 Å². The van der Waals surface area contributed by atoms with E-state index in [1.807, 2.05) is 0 Å². The molecule has 0 aliphatic heterocycles. The van der Waals surface area contributed by atoms with Crippen LogP contribution in [0.4, 0.5) is 0 Å². The minimum absolute atomic E-state index is 0.405. The first kappa shape index (κ1) is 11.9. The Morgan fingerprint density at radius 2 is 1.38 bits per heavy atom. The van der Waals surface area contributed by atoms with Crippen LogP contribution in [0.2, 0.25) is 0 Å². The van der Waals surface area contributed by atoms with Gasteiger partial charge in [-0.05, 0) is 20.8 Å². The zero-order chi connectivity index (χ0) is 10.6. The number of hydrogen-bond donors (Lipinski definition) is 0. The maximum Gasteiger partial charge on any atom is 0.0555 e. The summed E-state index contributed by atoms with van der Waals surface area (Å²) in [6.07, 6.45) is 0. The topological polar surface area (TPSA) is 83.5 Å². The molecule has 5 heteroatoms. The smallest absolute Gasteiger partial charge is 0.0555 e. The highest BCUT2D eigenvalue weighted by atomic mass is 16.4. The van der Waals surface area contributed by atoms with Gasteiger partial charge in [-0.3, -0.25) is 4.90 Å². The monoisotopic (exact) mass is 187 g/mol. The number of nitrogens with zero attached hydrogens (tertiary/aromatic N) is 1. The van der Waals surface area contributed by atoms with Crippen molar-refractivity contribution < 1.29 is 19.8 Å². The van der Waals surface area contributed by atoms with Gasteiger partial charge in [0.2, 0.25) is 0 Å². The van der Waals surface area contributed by atoms with Crippen LogP contribution in [0.1, 0.15) is 20.8 Å². The molecule has 0 spiro atoms. The fourth-order valence-electron chi connectivity index (χ4n) is 0.842. The van der Waals surface area contributed by atoms with Gasteiger partial charge in [-0.1, -0.05) is 0 Å². The summed E-state index contributed by atoms with van der Waals surface area (Å²) in [6, 6.07) is 0. The minimum Gasteiger partial charge on any atom is -0.549 e. The van der Waals surface area contributed by atoms with Gasteiger partial charge in [0, 0.05) is 18.6 Å². The molecule has 0 aromatic rings. The minimum atomic E-state index is -1.30. The maximum absolute atomic E-state index is 10.3. The standard InChI is InChI=1S/C8H15NO4/c1-8(2,3)9(4-6(10)11)5-7(12)13/h4-5H2,1-3H3,(H,10,11)(H,12,13)/p-2. The molecule has 76 valence electrons. The molecule has 0 radical (unpaired) electrons. The van der Waals surface area contributed by atoms with E-state index in [9.17, 15) is 19.8 Å². The maximum atomic E-state index is 10.3. The van der Waals surface area contributed by atoms with Gasteiger partial charge in [-0.15, -0.1) is 0 Å². The van der Waals surface area contributed by atoms with Gasteiger partial charge in [-0.25, -0.2) is 0 Å². The van der Waals surface area contributed by atoms with Crippen molar-refractivity contribution in [3.8, 4) is 0 Å². The van der Waals surface area contributed by atoms with E-state index in [4.69, 9.17) is 0 Å². The molecule has 0 N–H and O–H groups in total. The zero-order valence-electron chi connectivity index (χ0n) is 7.99. The third-order valence-electron chi connectivity index (χ3n) is 1.59. The Morgan fingerprint density at radius 1 is 1.08 bits per heavy atom. The number of hydrogen-bond acceptors (Lipinski definition) is 5. The number of carbonyl (C=O) groups excluding carboxylic acids is 2. The molecule has 0 saturated heterocycles. The number of rotatable bonds is 4. The highest BCUT2D eigenvalue weighted by Gasteiger charge is 2.20. The Bertz CT molecular complexity index is 191. The Balaban J connectivity index is 4.37. The van der Waals surface area contributed by atoms with Crippen molar-refractivity contribution in [1.29, 1.82) is 0 Å². The van der Waals surface area contributed by atoms with Crippen LogP contribution in [0.15, 0.2) is 0 Å². The van der Waals surface area contributed by atoms with Gasteiger partial charge in [0.15, 0.2) is 0 Å². The summed E-state index contributed by atoms with van der Waals surface area (Å²) in [7, 11) is 0. The van der Waals surface area contributed by atoms with Gasteiger partial charge in [0.1, 0.15) is 0 Å². The summed E-state index contributed by atoms with van der Waals surface area (Å²) < 4.78 is 0.